The molecule has 122 valence electrons. The van der Waals surface area contributed by atoms with Crippen LogP contribution in [-0.4, -0.2) is 38.9 Å². The molecule has 1 amide bonds. The van der Waals surface area contributed by atoms with E-state index in [0.717, 1.165) is 25.9 Å². The van der Waals surface area contributed by atoms with Crippen LogP contribution in [-0.2, 0) is 11.3 Å². The van der Waals surface area contributed by atoms with Crippen LogP contribution in [0.4, 0.5) is 0 Å². The van der Waals surface area contributed by atoms with Crippen molar-refractivity contribution in [3.63, 3.8) is 0 Å². The van der Waals surface area contributed by atoms with Crippen molar-refractivity contribution in [3.8, 4) is 0 Å². The second kappa shape index (κ2) is 6.89. The molecule has 6 heteroatoms. The summed E-state index contributed by atoms with van der Waals surface area (Å²) < 4.78 is 1.29. The number of benzene rings is 1. The predicted molar refractivity (Wildman–Crippen MR) is 88.0 cm³/mol. The Morgan fingerprint density at radius 3 is 2.96 bits per heavy atom. The van der Waals surface area contributed by atoms with E-state index < -0.39 is 0 Å². The second-order valence-corrected chi connectivity index (χ2v) is 6.30. The van der Waals surface area contributed by atoms with Crippen LogP contribution in [0.15, 0.2) is 29.1 Å². The molecule has 0 N–H and O–H groups in total. The Bertz CT molecular complexity index is 756. The number of aromatic nitrogens is 3. The summed E-state index contributed by atoms with van der Waals surface area (Å²) in [6, 6.07) is 7.13. The molecule has 0 radical (unpaired) electrons. The zero-order valence-electron chi connectivity index (χ0n) is 13.4. The van der Waals surface area contributed by atoms with Crippen molar-refractivity contribution >= 4 is 16.8 Å². The molecule has 1 aliphatic heterocycles. The first-order valence-electron chi connectivity index (χ1n) is 8.25. The van der Waals surface area contributed by atoms with Gasteiger partial charge in [0.05, 0.1) is 11.9 Å². The fourth-order valence-corrected chi connectivity index (χ4v) is 3.04. The molecule has 0 spiro atoms. The Hall–Kier alpha value is -2.24. The number of carbonyl (C=O) groups excluding carboxylic acids is 1. The van der Waals surface area contributed by atoms with Crippen molar-refractivity contribution in [1.29, 1.82) is 0 Å². The van der Waals surface area contributed by atoms with E-state index >= 15 is 0 Å². The quantitative estimate of drug-likeness (QED) is 0.867. The Balaban J connectivity index is 1.67. The Morgan fingerprint density at radius 2 is 2.09 bits per heavy atom. The molecule has 2 heterocycles. The molecule has 23 heavy (non-hydrogen) atoms. The maximum atomic E-state index is 12.4. The molecule has 1 unspecified atom stereocenters. The van der Waals surface area contributed by atoms with E-state index in [-0.39, 0.29) is 18.0 Å². The Kier molecular flexibility index (Phi) is 4.69. The minimum Gasteiger partial charge on any atom is -0.343 e. The number of carbonyl (C=O) groups is 1. The van der Waals surface area contributed by atoms with Crippen LogP contribution < -0.4 is 5.56 Å². The smallest absolute Gasteiger partial charge is 0.277 e. The third-order valence-corrected chi connectivity index (χ3v) is 4.54. The van der Waals surface area contributed by atoms with Crippen molar-refractivity contribution in [2.45, 2.75) is 39.2 Å². The number of hydrogen-bond donors (Lipinski definition) is 0. The molecule has 1 saturated heterocycles. The van der Waals surface area contributed by atoms with Gasteiger partial charge in [-0.15, -0.1) is 5.10 Å². The number of likely N-dealkylation sites (tertiary alicyclic amines) is 1. The van der Waals surface area contributed by atoms with Gasteiger partial charge in [0, 0.05) is 19.5 Å². The summed E-state index contributed by atoms with van der Waals surface area (Å²) >= 11 is 0. The molecular weight excluding hydrogens is 292 g/mol. The standard InChI is InChI=1S/C17H22N4O2/c1-13-5-4-10-20(11-8-13)16(22)9-12-21-17(23)14-6-2-3-7-15(14)18-19-21/h2-3,6-7,13H,4-5,8-12H2,1H3. The van der Waals surface area contributed by atoms with Crippen molar-refractivity contribution in [2.75, 3.05) is 13.1 Å². The van der Waals surface area contributed by atoms with Crippen molar-refractivity contribution in [2.24, 2.45) is 5.92 Å². The van der Waals surface area contributed by atoms with Crippen LogP contribution in [0.3, 0.4) is 0 Å². The lowest BCUT2D eigenvalue weighted by Gasteiger charge is -2.20. The minimum atomic E-state index is -0.187. The van der Waals surface area contributed by atoms with Gasteiger partial charge in [-0.25, -0.2) is 4.68 Å². The van der Waals surface area contributed by atoms with E-state index in [1.54, 1.807) is 18.2 Å². The van der Waals surface area contributed by atoms with Gasteiger partial charge in [-0.3, -0.25) is 9.59 Å². The van der Waals surface area contributed by atoms with E-state index in [1.807, 2.05) is 11.0 Å². The van der Waals surface area contributed by atoms with E-state index in [9.17, 15) is 9.59 Å². The van der Waals surface area contributed by atoms with Crippen molar-refractivity contribution in [3.05, 3.63) is 34.6 Å². The highest BCUT2D eigenvalue weighted by atomic mass is 16.2. The van der Waals surface area contributed by atoms with Gasteiger partial charge in [-0.1, -0.05) is 24.3 Å². The van der Waals surface area contributed by atoms with Gasteiger partial charge in [0.1, 0.15) is 5.52 Å². The lowest BCUT2D eigenvalue weighted by molar-refractivity contribution is -0.131. The molecule has 0 aliphatic carbocycles. The number of hydrogen-bond acceptors (Lipinski definition) is 4. The first kappa shape index (κ1) is 15.6. The van der Waals surface area contributed by atoms with Gasteiger partial charge >= 0.3 is 0 Å². The van der Waals surface area contributed by atoms with E-state index in [2.05, 4.69) is 17.2 Å². The average Bonchev–Trinajstić information content (AvgIpc) is 2.79. The third kappa shape index (κ3) is 3.57. The second-order valence-electron chi connectivity index (χ2n) is 6.30. The fraction of sp³-hybridized carbons (Fsp3) is 0.529. The zero-order chi connectivity index (χ0) is 16.2. The van der Waals surface area contributed by atoms with Gasteiger partial charge in [0.25, 0.3) is 5.56 Å². The molecule has 0 bridgehead atoms. The molecule has 1 aromatic heterocycles. The van der Waals surface area contributed by atoms with Gasteiger partial charge in [0.15, 0.2) is 0 Å². The summed E-state index contributed by atoms with van der Waals surface area (Å²) in [7, 11) is 0. The first-order chi connectivity index (χ1) is 11.1. The van der Waals surface area contributed by atoms with E-state index in [1.165, 1.54) is 11.1 Å². The minimum absolute atomic E-state index is 0.0981. The molecular formula is C17H22N4O2. The normalized spacial score (nSPS) is 18.8. The number of rotatable bonds is 3. The summed E-state index contributed by atoms with van der Waals surface area (Å²) in [5.74, 6) is 0.780. The van der Waals surface area contributed by atoms with E-state index in [0.29, 0.717) is 23.2 Å². The van der Waals surface area contributed by atoms with Crippen LogP contribution in [0, 0.1) is 5.92 Å². The molecule has 3 rings (SSSR count). The maximum Gasteiger partial charge on any atom is 0.277 e. The number of nitrogens with zero attached hydrogens (tertiary/aromatic N) is 4. The molecule has 1 atom stereocenters. The average molecular weight is 314 g/mol. The predicted octanol–water partition coefficient (Wildman–Crippen LogP) is 1.83. The van der Waals surface area contributed by atoms with Gasteiger partial charge in [-0.05, 0) is 37.3 Å². The molecule has 1 aliphatic rings. The van der Waals surface area contributed by atoms with Crippen LogP contribution in [0.1, 0.15) is 32.6 Å². The van der Waals surface area contributed by atoms with Crippen LogP contribution in [0.2, 0.25) is 0 Å². The summed E-state index contributed by atoms with van der Waals surface area (Å²) in [4.78, 5) is 26.6. The highest BCUT2D eigenvalue weighted by Gasteiger charge is 2.18. The van der Waals surface area contributed by atoms with Gasteiger partial charge in [-0.2, -0.15) is 0 Å². The molecule has 1 aromatic carbocycles. The lowest BCUT2D eigenvalue weighted by Crippen LogP contribution is -2.34. The topological polar surface area (TPSA) is 68.1 Å². The Morgan fingerprint density at radius 1 is 1.26 bits per heavy atom. The maximum absolute atomic E-state index is 12.4. The number of aryl methyl sites for hydroxylation is 1. The number of amides is 1. The summed E-state index contributed by atoms with van der Waals surface area (Å²) in [5.41, 5.74) is 0.398. The monoisotopic (exact) mass is 314 g/mol. The lowest BCUT2D eigenvalue weighted by atomic mass is 10.0. The number of fused-ring (bicyclic) bond motifs is 1. The molecule has 6 nitrogen and oxygen atoms in total. The van der Waals surface area contributed by atoms with E-state index in [4.69, 9.17) is 0 Å². The van der Waals surface area contributed by atoms with Crippen LogP contribution in [0.25, 0.3) is 10.9 Å². The van der Waals surface area contributed by atoms with Crippen molar-refractivity contribution in [1.82, 2.24) is 19.9 Å². The fourth-order valence-electron chi connectivity index (χ4n) is 3.04. The van der Waals surface area contributed by atoms with Crippen molar-refractivity contribution < 1.29 is 4.79 Å². The highest BCUT2D eigenvalue weighted by molar-refractivity contribution is 5.77. The Labute approximate surface area is 135 Å². The molecule has 0 saturated carbocycles. The SMILES string of the molecule is CC1CCCN(C(=O)CCn2nnc3ccccc3c2=O)CC1. The molecule has 1 fully saturated rings. The zero-order valence-corrected chi connectivity index (χ0v) is 13.4. The third-order valence-electron chi connectivity index (χ3n) is 4.54. The van der Waals surface area contributed by atoms with Gasteiger partial charge < -0.3 is 4.90 Å². The highest BCUT2D eigenvalue weighted by Crippen LogP contribution is 2.17. The van der Waals surface area contributed by atoms with Gasteiger partial charge in [0.2, 0.25) is 5.91 Å². The summed E-state index contributed by atoms with van der Waals surface area (Å²) in [6.45, 7) is 4.15. The van der Waals surface area contributed by atoms with Crippen LogP contribution >= 0.6 is 0 Å². The summed E-state index contributed by atoms with van der Waals surface area (Å²) in [5, 5.41) is 8.52. The largest absolute Gasteiger partial charge is 0.343 e. The van der Waals surface area contributed by atoms with Crippen LogP contribution in [0.5, 0.6) is 0 Å². The first-order valence-corrected chi connectivity index (χ1v) is 8.25. The summed E-state index contributed by atoms with van der Waals surface area (Å²) in [6.07, 6.45) is 3.59. The molecule has 2 aromatic rings.